The zero-order valence-corrected chi connectivity index (χ0v) is 18.1. The Morgan fingerprint density at radius 3 is 2.75 bits per heavy atom. The lowest BCUT2D eigenvalue weighted by molar-refractivity contribution is 0.116. The van der Waals surface area contributed by atoms with Gasteiger partial charge in [-0.05, 0) is 50.4 Å². The van der Waals surface area contributed by atoms with Crippen molar-refractivity contribution in [1.29, 1.82) is 0 Å². The van der Waals surface area contributed by atoms with Crippen LogP contribution in [0.5, 0.6) is 0 Å². The number of aliphatic hydroxyl groups is 1. The molecular formula is C22H28N8O2. The van der Waals surface area contributed by atoms with E-state index in [4.69, 9.17) is 21.0 Å². The molecule has 3 aromatic heterocycles. The summed E-state index contributed by atoms with van der Waals surface area (Å²) < 4.78 is 7.41. The number of nitrogen functional groups attached to an aromatic ring is 2. The molecule has 0 spiro atoms. The Bertz CT molecular complexity index is 1240. The highest BCUT2D eigenvalue weighted by atomic mass is 16.4. The molecule has 0 unspecified atom stereocenters. The first-order valence-electron chi connectivity index (χ1n) is 11.1. The second-order valence-corrected chi connectivity index (χ2v) is 8.30. The van der Waals surface area contributed by atoms with Gasteiger partial charge in [0.25, 0.3) is 6.01 Å². The minimum Gasteiger partial charge on any atom is -0.424 e. The predicted molar refractivity (Wildman–Crippen MR) is 123 cm³/mol. The molecule has 10 nitrogen and oxygen atoms in total. The molecule has 0 atom stereocenters. The van der Waals surface area contributed by atoms with E-state index in [9.17, 15) is 5.11 Å². The number of aliphatic hydroxyl groups excluding tert-OH is 1. The first-order valence-corrected chi connectivity index (χ1v) is 11.1. The molecule has 0 aliphatic heterocycles. The second-order valence-electron chi connectivity index (χ2n) is 8.30. The molecule has 0 amide bonds. The minimum absolute atomic E-state index is 0.134. The molecule has 0 bridgehead atoms. The van der Waals surface area contributed by atoms with Crippen LogP contribution in [-0.2, 0) is 0 Å². The summed E-state index contributed by atoms with van der Waals surface area (Å²) in [6.07, 6.45) is 5.59. The second kappa shape index (κ2) is 8.36. The number of likely N-dealkylation sites (N-methyl/N-ethyl adjacent to an activating group) is 1. The SMILES string of the molecule is CCN(CCO)C1CCC(n2nc(-c3ccc4oc(N)nc4c3)c3c(N)ncnc32)CC1. The number of fused-ring (bicyclic) bond motifs is 2. The van der Waals surface area contributed by atoms with Crippen molar-refractivity contribution >= 4 is 34.0 Å². The highest BCUT2D eigenvalue weighted by Gasteiger charge is 2.29. The van der Waals surface area contributed by atoms with E-state index in [1.54, 1.807) is 0 Å². The Hall–Kier alpha value is -3.24. The predicted octanol–water partition coefficient (Wildman–Crippen LogP) is 2.60. The van der Waals surface area contributed by atoms with E-state index >= 15 is 0 Å². The maximum absolute atomic E-state index is 9.35. The van der Waals surface area contributed by atoms with Gasteiger partial charge in [-0.2, -0.15) is 10.1 Å². The summed E-state index contributed by atoms with van der Waals surface area (Å²) in [6, 6.07) is 6.52. The van der Waals surface area contributed by atoms with Crippen LogP contribution in [0.15, 0.2) is 28.9 Å². The largest absolute Gasteiger partial charge is 0.424 e. The van der Waals surface area contributed by atoms with Crippen LogP contribution in [0.4, 0.5) is 11.8 Å². The van der Waals surface area contributed by atoms with E-state index in [0.29, 0.717) is 23.0 Å². The molecule has 5 N–H and O–H groups in total. The molecule has 10 heteroatoms. The topological polar surface area (TPSA) is 145 Å². The molecule has 168 valence electrons. The highest BCUT2D eigenvalue weighted by Crippen LogP contribution is 2.37. The molecule has 32 heavy (non-hydrogen) atoms. The number of hydrogen-bond donors (Lipinski definition) is 3. The summed E-state index contributed by atoms with van der Waals surface area (Å²) in [5.74, 6) is 0.407. The number of nitrogens with two attached hydrogens (primary N) is 2. The number of oxazole rings is 1. The molecule has 5 rings (SSSR count). The first-order chi connectivity index (χ1) is 15.6. The van der Waals surface area contributed by atoms with Crippen LogP contribution in [0.25, 0.3) is 33.4 Å². The molecule has 1 aromatic carbocycles. The minimum atomic E-state index is 0.134. The summed E-state index contributed by atoms with van der Waals surface area (Å²) in [6.45, 7) is 4.01. The van der Waals surface area contributed by atoms with Crippen LogP contribution in [0.1, 0.15) is 38.6 Å². The van der Waals surface area contributed by atoms with Gasteiger partial charge in [0.15, 0.2) is 11.2 Å². The number of hydrogen-bond acceptors (Lipinski definition) is 9. The first kappa shape index (κ1) is 20.7. The standard InChI is InChI=1S/C22H28N8O2/c1-2-29(9-10-31)14-4-6-15(7-5-14)30-21-18(20(23)25-12-26-21)19(28-30)13-3-8-17-16(11-13)27-22(24)32-17/h3,8,11-12,14-15,31H,2,4-7,9-10H2,1H3,(H2,24,27)(H2,23,25,26). The van der Waals surface area contributed by atoms with Crippen molar-refractivity contribution in [2.24, 2.45) is 0 Å². The summed E-state index contributed by atoms with van der Waals surface area (Å²) in [4.78, 5) is 15.4. The van der Waals surface area contributed by atoms with E-state index in [2.05, 4.69) is 26.8 Å². The Labute approximate surface area is 185 Å². The lowest BCUT2D eigenvalue weighted by Gasteiger charge is -2.36. The number of nitrogens with zero attached hydrogens (tertiary/aromatic N) is 6. The van der Waals surface area contributed by atoms with E-state index in [1.165, 1.54) is 6.33 Å². The number of aromatic nitrogens is 5. The Balaban J connectivity index is 1.50. The summed E-state index contributed by atoms with van der Waals surface area (Å²) >= 11 is 0. The lowest BCUT2D eigenvalue weighted by Crippen LogP contribution is -2.40. The van der Waals surface area contributed by atoms with Gasteiger partial charge in [0, 0.05) is 18.2 Å². The molecule has 0 saturated heterocycles. The van der Waals surface area contributed by atoms with Gasteiger partial charge in [-0.15, -0.1) is 0 Å². The summed E-state index contributed by atoms with van der Waals surface area (Å²) in [5, 5.41) is 15.1. The molecular weight excluding hydrogens is 408 g/mol. The van der Waals surface area contributed by atoms with Crippen molar-refractivity contribution in [1.82, 2.24) is 29.6 Å². The van der Waals surface area contributed by atoms with Gasteiger partial charge >= 0.3 is 0 Å². The molecule has 4 aromatic rings. The van der Waals surface area contributed by atoms with E-state index in [-0.39, 0.29) is 18.7 Å². The van der Waals surface area contributed by atoms with Crippen LogP contribution in [0, 0.1) is 0 Å². The van der Waals surface area contributed by atoms with Crippen molar-refractivity contribution in [3.05, 3.63) is 24.5 Å². The zero-order chi connectivity index (χ0) is 22.2. The Morgan fingerprint density at radius 2 is 2.00 bits per heavy atom. The van der Waals surface area contributed by atoms with Gasteiger partial charge < -0.3 is 21.0 Å². The monoisotopic (exact) mass is 436 g/mol. The molecule has 0 radical (unpaired) electrons. The van der Waals surface area contributed by atoms with Crippen LogP contribution < -0.4 is 11.5 Å². The van der Waals surface area contributed by atoms with Crippen molar-refractivity contribution in [3.63, 3.8) is 0 Å². The quantitative estimate of drug-likeness (QED) is 0.415. The van der Waals surface area contributed by atoms with Crippen LogP contribution in [0.3, 0.4) is 0 Å². The van der Waals surface area contributed by atoms with Crippen molar-refractivity contribution < 1.29 is 9.52 Å². The average molecular weight is 437 g/mol. The molecule has 1 saturated carbocycles. The Kier molecular flexibility index (Phi) is 5.40. The van der Waals surface area contributed by atoms with E-state index in [1.807, 2.05) is 22.9 Å². The van der Waals surface area contributed by atoms with Gasteiger partial charge in [-0.3, -0.25) is 4.90 Å². The van der Waals surface area contributed by atoms with E-state index in [0.717, 1.165) is 61.1 Å². The molecule has 1 fully saturated rings. The number of rotatable bonds is 6. The third-order valence-electron chi connectivity index (χ3n) is 6.52. The highest BCUT2D eigenvalue weighted by molar-refractivity contribution is 5.99. The van der Waals surface area contributed by atoms with Crippen molar-refractivity contribution in [3.8, 4) is 11.3 Å². The van der Waals surface area contributed by atoms with Crippen LogP contribution in [-0.4, -0.2) is 60.5 Å². The lowest BCUT2D eigenvalue weighted by atomic mass is 9.90. The number of anilines is 2. The fraction of sp³-hybridized carbons (Fsp3) is 0.455. The van der Waals surface area contributed by atoms with Crippen molar-refractivity contribution in [2.45, 2.75) is 44.7 Å². The van der Waals surface area contributed by atoms with Gasteiger partial charge in [0.2, 0.25) is 0 Å². The fourth-order valence-electron chi connectivity index (χ4n) is 4.94. The zero-order valence-electron chi connectivity index (χ0n) is 18.1. The maximum atomic E-state index is 9.35. The van der Waals surface area contributed by atoms with Gasteiger partial charge in [-0.25, -0.2) is 14.6 Å². The van der Waals surface area contributed by atoms with E-state index < -0.39 is 0 Å². The van der Waals surface area contributed by atoms with Crippen LogP contribution in [0.2, 0.25) is 0 Å². The van der Waals surface area contributed by atoms with Crippen molar-refractivity contribution in [2.75, 3.05) is 31.2 Å². The maximum Gasteiger partial charge on any atom is 0.292 e. The van der Waals surface area contributed by atoms with Gasteiger partial charge in [0.05, 0.1) is 18.0 Å². The Morgan fingerprint density at radius 1 is 1.19 bits per heavy atom. The molecule has 3 heterocycles. The fourth-order valence-corrected chi connectivity index (χ4v) is 4.94. The molecule has 1 aliphatic rings. The summed E-state index contributed by atoms with van der Waals surface area (Å²) in [7, 11) is 0. The van der Waals surface area contributed by atoms with Gasteiger partial charge in [0.1, 0.15) is 23.4 Å². The number of benzene rings is 1. The molecule has 1 aliphatic carbocycles. The summed E-state index contributed by atoms with van der Waals surface area (Å²) in [5.41, 5.74) is 15.6. The van der Waals surface area contributed by atoms with Gasteiger partial charge in [-0.1, -0.05) is 6.92 Å². The third kappa shape index (κ3) is 3.55. The normalized spacial score (nSPS) is 19.3. The third-order valence-corrected chi connectivity index (χ3v) is 6.52. The average Bonchev–Trinajstić information content (AvgIpc) is 3.38. The van der Waals surface area contributed by atoms with Crippen LogP contribution >= 0.6 is 0 Å². The smallest absolute Gasteiger partial charge is 0.292 e.